The molecule has 1 N–H and O–H groups in total. The quantitative estimate of drug-likeness (QED) is 0.825. The van der Waals surface area contributed by atoms with Gasteiger partial charge < -0.3 is 14.4 Å². The van der Waals surface area contributed by atoms with Gasteiger partial charge in [-0.05, 0) is 52.3 Å². The molecule has 3 nitrogen and oxygen atoms in total. The molecule has 1 aliphatic rings. The topological polar surface area (TPSA) is 38.7 Å². The first kappa shape index (κ1) is 15.6. The fourth-order valence-electron chi connectivity index (χ4n) is 2.04. The van der Waals surface area contributed by atoms with Crippen LogP contribution in [0.5, 0.6) is 5.75 Å². The zero-order valence-corrected chi connectivity index (χ0v) is 14.1. The number of halogens is 1. The van der Waals surface area contributed by atoms with E-state index in [1.165, 1.54) is 0 Å². The molecule has 1 heterocycles. The summed E-state index contributed by atoms with van der Waals surface area (Å²) in [5, 5.41) is 9.94. The molecule has 1 aromatic rings. The molecule has 20 heavy (non-hydrogen) atoms. The molecule has 1 saturated heterocycles. The van der Waals surface area contributed by atoms with Gasteiger partial charge >= 0.3 is 7.12 Å². The van der Waals surface area contributed by atoms with Gasteiger partial charge in [0.15, 0.2) is 0 Å². The highest BCUT2D eigenvalue weighted by Crippen LogP contribution is 2.37. The van der Waals surface area contributed by atoms with Crippen molar-refractivity contribution in [2.45, 2.75) is 45.8 Å². The van der Waals surface area contributed by atoms with Gasteiger partial charge in [-0.15, -0.1) is 0 Å². The Bertz CT molecular complexity index is 536. The summed E-state index contributed by atoms with van der Waals surface area (Å²) < 4.78 is 12.7. The first-order valence-electron chi connectivity index (χ1n) is 6.66. The summed E-state index contributed by atoms with van der Waals surface area (Å²) in [5.41, 5.74) is 1.05. The van der Waals surface area contributed by atoms with Gasteiger partial charge in [0.05, 0.1) is 11.2 Å². The third kappa shape index (κ3) is 2.80. The van der Waals surface area contributed by atoms with Crippen molar-refractivity contribution >= 4 is 29.1 Å². The highest BCUT2D eigenvalue weighted by atomic mass is 79.9. The van der Waals surface area contributed by atoms with Crippen LogP contribution in [0.15, 0.2) is 22.6 Å². The molecular weight excluding hydrogens is 319 g/mol. The number of phenols is 1. The first-order chi connectivity index (χ1) is 9.14. The molecule has 0 spiro atoms. The van der Waals surface area contributed by atoms with Gasteiger partial charge in [-0.1, -0.05) is 28.0 Å². The lowest BCUT2D eigenvalue weighted by atomic mass is 9.88. The van der Waals surface area contributed by atoms with Crippen molar-refractivity contribution in [3.63, 3.8) is 0 Å². The number of rotatable bonds is 2. The fourth-order valence-corrected chi connectivity index (χ4v) is 2.39. The Kier molecular flexibility index (Phi) is 4.06. The highest BCUT2D eigenvalue weighted by Gasteiger charge is 2.50. The van der Waals surface area contributed by atoms with Crippen LogP contribution in [-0.4, -0.2) is 23.4 Å². The van der Waals surface area contributed by atoms with E-state index in [1.807, 2.05) is 52.7 Å². The number of phenolic OH excluding ortho intramolecular Hbond substituents is 1. The van der Waals surface area contributed by atoms with Crippen LogP contribution in [0.3, 0.4) is 0 Å². The second kappa shape index (κ2) is 5.21. The molecule has 1 aromatic carbocycles. The maximum Gasteiger partial charge on any atom is 0.487 e. The van der Waals surface area contributed by atoms with E-state index in [1.54, 1.807) is 6.07 Å². The van der Waals surface area contributed by atoms with Crippen LogP contribution in [0.2, 0.25) is 0 Å². The number of hydrogen-bond acceptors (Lipinski definition) is 3. The lowest BCUT2D eigenvalue weighted by molar-refractivity contribution is 0.00578. The van der Waals surface area contributed by atoms with E-state index in [-0.39, 0.29) is 17.0 Å². The van der Waals surface area contributed by atoms with Gasteiger partial charge in [0.2, 0.25) is 0 Å². The van der Waals surface area contributed by atoms with Crippen molar-refractivity contribution in [1.82, 2.24) is 0 Å². The molecule has 0 saturated carbocycles. The number of hydrogen-bond donors (Lipinski definition) is 1. The van der Waals surface area contributed by atoms with E-state index in [4.69, 9.17) is 9.31 Å². The fraction of sp³-hybridized carbons (Fsp3) is 0.467. The first-order valence-corrected chi connectivity index (χ1v) is 7.45. The molecule has 0 bridgehead atoms. The van der Waals surface area contributed by atoms with Crippen LogP contribution in [0.4, 0.5) is 0 Å². The Morgan fingerprint density at radius 3 is 2.25 bits per heavy atom. The smallest absolute Gasteiger partial charge is 0.487 e. The molecule has 2 rings (SSSR count). The molecule has 0 unspecified atom stereocenters. The molecule has 0 aromatic heterocycles. The summed E-state index contributed by atoms with van der Waals surface area (Å²) in [6.07, 6.45) is 1.84. The summed E-state index contributed by atoms with van der Waals surface area (Å²) in [5.74, 6) is 2.09. The molecule has 108 valence electrons. The van der Waals surface area contributed by atoms with Crippen LogP contribution < -0.4 is 0 Å². The number of aromatic hydroxyl groups is 1. The Balaban J connectivity index is 2.22. The molecule has 1 aliphatic heterocycles. The lowest BCUT2D eigenvalue weighted by Gasteiger charge is -2.32. The minimum absolute atomic E-state index is 0.249. The van der Waals surface area contributed by atoms with Gasteiger partial charge in [0.1, 0.15) is 5.75 Å². The molecule has 0 amide bonds. The van der Waals surface area contributed by atoms with Crippen LogP contribution in [0, 0.1) is 6.92 Å². The van der Waals surface area contributed by atoms with E-state index in [9.17, 15) is 5.11 Å². The lowest BCUT2D eigenvalue weighted by Crippen LogP contribution is -2.41. The average molecular weight is 339 g/mol. The predicted octanol–water partition coefficient (Wildman–Crippen LogP) is 4.11. The van der Waals surface area contributed by atoms with E-state index in [0.29, 0.717) is 0 Å². The normalized spacial score (nSPS) is 20.8. The second-order valence-corrected chi connectivity index (χ2v) is 6.94. The van der Waals surface area contributed by atoms with Crippen LogP contribution in [-0.2, 0) is 9.31 Å². The maximum atomic E-state index is 9.94. The molecule has 0 radical (unpaired) electrons. The Labute approximate surface area is 129 Å². The molecular formula is C15H20BBrO3. The Hall–Kier alpha value is -0.775. The number of benzene rings is 1. The average Bonchev–Trinajstić information content (AvgIpc) is 2.53. The Morgan fingerprint density at radius 2 is 1.70 bits per heavy atom. The summed E-state index contributed by atoms with van der Waals surface area (Å²) in [6.45, 7) is 10.0. The molecule has 0 aliphatic carbocycles. The summed E-state index contributed by atoms with van der Waals surface area (Å²) in [6, 6.07) is 3.50. The van der Waals surface area contributed by atoms with Gasteiger partial charge in [-0.2, -0.15) is 0 Å². The zero-order chi connectivity index (χ0) is 15.1. The standard InChI is InChI=1S/C15H20BBrO3/c1-10-11(13(18)7-6-12(10)17)8-9-16-19-14(2,3)15(4,5)20-16/h6-9,18H,1-5H3/b9-8+. The van der Waals surface area contributed by atoms with Crippen LogP contribution in [0.1, 0.15) is 38.8 Å². The monoisotopic (exact) mass is 338 g/mol. The van der Waals surface area contributed by atoms with E-state index >= 15 is 0 Å². The summed E-state index contributed by atoms with van der Waals surface area (Å²) >= 11 is 3.46. The van der Waals surface area contributed by atoms with Gasteiger partial charge in [0, 0.05) is 10.0 Å². The maximum absolute atomic E-state index is 9.94. The minimum Gasteiger partial charge on any atom is -0.507 e. The Morgan fingerprint density at radius 1 is 1.15 bits per heavy atom. The van der Waals surface area contributed by atoms with Crippen molar-refractivity contribution in [2.75, 3.05) is 0 Å². The predicted molar refractivity (Wildman–Crippen MR) is 85.7 cm³/mol. The van der Waals surface area contributed by atoms with Crippen molar-refractivity contribution in [3.05, 3.63) is 33.7 Å². The molecule has 1 fully saturated rings. The van der Waals surface area contributed by atoms with Crippen LogP contribution in [0.25, 0.3) is 6.08 Å². The van der Waals surface area contributed by atoms with E-state index < -0.39 is 7.12 Å². The van der Waals surface area contributed by atoms with Crippen molar-refractivity contribution in [1.29, 1.82) is 0 Å². The van der Waals surface area contributed by atoms with E-state index in [0.717, 1.165) is 15.6 Å². The highest BCUT2D eigenvalue weighted by molar-refractivity contribution is 9.10. The van der Waals surface area contributed by atoms with Crippen molar-refractivity contribution in [2.24, 2.45) is 0 Å². The van der Waals surface area contributed by atoms with Gasteiger partial charge in [-0.25, -0.2) is 0 Å². The van der Waals surface area contributed by atoms with Crippen molar-refractivity contribution in [3.8, 4) is 5.75 Å². The molecule has 5 heteroatoms. The van der Waals surface area contributed by atoms with Crippen molar-refractivity contribution < 1.29 is 14.4 Å². The largest absolute Gasteiger partial charge is 0.507 e. The minimum atomic E-state index is -0.405. The zero-order valence-electron chi connectivity index (χ0n) is 12.5. The summed E-state index contributed by atoms with van der Waals surface area (Å²) in [4.78, 5) is 0. The van der Waals surface area contributed by atoms with Crippen LogP contribution >= 0.6 is 15.9 Å². The van der Waals surface area contributed by atoms with Gasteiger partial charge in [-0.3, -0.25) is 0 Å². The molecule has 0 atom stereocenters. The second-order valence-electron chi connectivity index (χ2n) is 6.09. The van der Waals surface area contributed by atoms with Gasteiger partial charge in [0.25, 0.3) is 0 Å². The van der Waals surface area contributed by atoms with E-state index in [2.05, 4.69) is 15.9 Å². The third-order valence-corrected chi connectivity index (χ3v) is 4.98. The SMILES string of the molecule is Cc1c(Br)ccc(O)c1/C=C/B1OC(C)(C)C(C)(C)O1. The summed E-state index contributed by atoms with van der Waals surface area (Å²) in [7, 11) is -0.405. The third-order valence-electron chi connectivity index (χ3n) is 4.12.